The molecule has 0 radical (unpaired) electrons. The predicted molar refractivity (Wildman–Crippen MR) is 82.5 cm³/mol. The van der Waals surface area contributed by atoms with Crippen LogP contribution in [0.25, 0.3) is 0 Å². The summed E-state index contributed by atoms with van der Waals surface area (Å²) in [7, 11) is -0.376. The summed E-state index contributed by atoms with van der Waals surface area (Å²) in [5, 5.41) is 10.6. The fourth-order valence-corrected chi connectivity index (χ4v) is 5.31. The van der Waals surface area contributed by atoms with E-state index >= 15 is 0 Å². The van der Waals surface area contributed by atoms with Gasteiger partial charge in [-0.05, 0) is 38.1 Å². The van der Waals surface area contributed by atoms with Gasteiger partial charge in [-0.15, -0.1) is 0 Å². The van der Waals surface area contributed by atoms with Crippen molar-refractivity contribution in [1.29, 1.82) is 0 Å². The minimum Gasteiger partial charge on any atom is -0.493 e. The summed E-state index contributed by atoms with van der Waals surface area (Å²) < 4.78 is 33.7. The molecule has 2 heterocycles. The molecule has 1 aromatic carbocycles. The number of hydrogen-bond acceptors (Lipinski definition) is 4. The maximum atomic E-state index is 10.6. The second-order valence-corrected chi connectivity index (χ2v) is 7.01. The number of aliphatic hydroxyl groups is 1. The van der Waals surface area contributed by atoms with E-state index in [1.165, 1.54) is 5.56 Å². The fraction of sp³-hybridized carbons (Fsp3) is 0.556. The van der Waals surface area contributed by atoms with Gasteiger partial charge in [-0.1, -0.05) is 18.2 Å². The van der Waals surface area contributed by atoms with Gasteiger partial charge >= 0.3 is 0 Å². The summed E-state index contributed by atoms with van der Waals surface area (Å²) in [6, 6.07) is 4.04. The first-order valence-corrected chi connectivity index (χ1v) is 7.90. The van der Waals surface area contributed by atoms with Crippen LogP contribution < -0.4 is 9.47 Å². The highest BCUT2D eigenvalue weighted by Gasteiger charge is 2.64. The highest BCUT2D eigenvalue weighted by atomic mass is 16.5. The van der Waals surface area contributed by atoms with Gasteiger partial charge in [0.1, 0.15) is 12.2 Å². The van der Waals surface area contributed by atoms with E-state index in [1.54, 1.807) is 6.07 Å². The van der Waals surface area contributed by atoms with Crippen molar-refractivity contribution in [1.82, 2.24) is 4.90 Å². The Morgan fingerprint density at radius 1 is 1.45 bits per heavy atom. The third kappa shape index (κ3) is 1.28. The maximum absolute atomic E-state index is 10.6. The van der Waals surface area contributed by atoms with Crippen LogP contribution in [-0.4, -0.2) is 48.9 Å². The summed E-state index contributed by atoms with van der Waals surface area (Å²) in [6.07, 6.45) is 4.68. The van der Waals surface area contributed by atoms with Crippen LogP contribution in [0, 0.1) is 5.92 Å². The van der Waals surface area contributed by atoms with E-state index in [1.807, 2.05) is 12.1 Å². The number of likely N-dealkylation sites (N-methyl/N-ethyl adjacent to an activating group) is 1. The van der Waals surface area contributed by atoms with Crippen LogP contribution in [0.3, 0.4) is 0 Å². The van der Waals surface area contributed by atoms with Gasteiger partial charge in [0.25, 0.3) is 0 Å². The molecule has 2 bridgehead atoms. The molecule has 0 saturated carbocycles. The van der Waals surface area contributed by atoms with Crippen molar-refractivity contribution in [3.8, 4) is 11.5 Å². The summed E-state index contributed by atoms with van der Waals surface area (Å²) in [5.41, 5.74) is 1.96. The summed E-state index contributed by atoms with van der Waals surface area (Å²) in [6.45, 7) is 0.935. The second-order valence-electron chi connectivity index (χ2n) is 7.01. The Balaban J connectivity index is 1.73. The van der Waals surface area contributed by atoms with Crippen molar-refractivity contribution in [2.45, 2.75) is 36.5 Å². The molecule has 4 nitrogen and oxygen atoms in total. The SMILES string of the molecule is [2H]C([2H])([2H])Oc1ccc2c3c1OC1C(O)C=C[C@H]4[C@@H](C2)N(C)CC[C@]314. The average Bonchev–Trinajstić information content (AvgIpc) is 2.88. The van der Waals surface area contributed by atoms with Gasteiger partial charge in [-0.2, -0.15) is 0 Å². The van der Waals surface area contributed by atoms with Gasteiger partial charge in [0.05, 0.1) is 11.2 Å². The number of ether oxygens (including phenoxy) is 2. The quantitative estimate of drug-likeness (QED) is 0.798. The molecule has 0 amide bonds. The van der Waals surface area contributed by atoms with Crippen LogP contribution in [0.15, 0.2) is 24.3 Å². The van der Waals surface area contributed by atoms with E-state index in [4.69, 9.17) is 13.6 Å². The molecule has 1 spiro atoms. The Bertz CT molecular complexity index is 778. The number of likely N-dealkylation sites (tertiary alicyclic amines) is 1. The zero-order chi connectivity index (χ0) is 17.6. The largest absolute Gasteiger partial charge is 0.493 e. The number of hydrogen-bond donors (Lipinski definition) is 1. The zero-order valence-corrected chi connectivity index (χ0v) is 12.5. The van der Waals surface area contributed by atoms with Gasteiger partial charge in [0, 0.05) is 22.9 Å². The molecule has 1 aromatic rings. The first-order chi connectivity index (χ1) is 11.8. The zero-order valence-electron chi connectivity index (χ0n) is 15.5. The van der Waals surface area contributed by atoms with Gasteiger partial charge in [-0.25, -0.2) is 0 Å². The summed E-state index contributed by atoms with van der Waals surface area (Å²) >= 11 is 0. The highest BCUT2D eigenvalue weighted by Crippen LogP contribution is 2.62. The number of benzene rings is 1. The van der Waals surface area contributed by atoms with Crippen molar-refractivity contribution < 1.29 is 18.7 Å². The van der Waals surface area contributed by atoms with Crippen LogP contribution in [0.1, 0.15) is 21.7 Å². The molecular formula is C18H21NO3. The standard InChI is InChI=1S/C18H21NO3/c1-19-8-7-18-11-4-5-13(20)17(18)22-16-14(21-2)6-3-10(15(16)18)9-12(11)19/h3-6,11-13,17,20H,7-9H2,1-2H3/t11-,12+,13?,17?,18-/m0/s1/i2D3. The first-order valence-electron chi connectivity index (χ1n) is 9.40. The van der Waals surface area contributed by atoms with Crippen molar-refractivity contribution >= 4 is 0 Å². The van der Waals surface area contributed by atoms with Crippen molar-refractivity contribution in [3.63, 3.8) is 0 Å². The number of piperidine rings is 1. The molecule has 1 saturated heterocycles. The Morgan fingerprint density at radius 3 is 3.23 bits per heavy atom. The van der Waals surface area contributed by atoms with Crippen molar-refractivity contribution in [2.24, 2.45) is 5.92 Å². The molecule has 1 fully saturated rings. The van der Waals surface area contributed by atoms with Gasteiger partial charge < -0.3 is 19.5 Å². The molecule has 2 aliphatic heterocycles. The number of aliphatic hydroxyl groups excluding tert-OH is 1. The number of rotatable bonds is 1. The van der Waals surface area contributed by atoms with Crippen LogP contribution in [0.5, 0.6) is 11.5 Å². The summed E-state index contributed by atoms with van der Waals surface area (Å²) in [4.78, 5) is 2.39. The molecule has 4 heteroatoms. The lowest BCUT2D eigenvalue weighted by Gasteiger charge is -2.56. The lowest BCUT2D eigenvalue weighted by Crippen LogP contribution is -2.64. The predicted octanol–water partition coefficient (Wildman–Crippen LogP) is 1.50. The molecule has 5 rings (SSSR count). The lowest BCUT2D eigenvalue weighted by atomic mass is 9.53. The Labute approximate surface area is 134 Å². The van der Waals surface area contributed by atoms with Crippen molar-refractivity contribution in [2.75, 3.05) is 20.6 Å². The Morgan fingerprint density at radius 2 is 2.36 bits per heavy atom. The third-order valence-corrected chi connectivity index (χ3v) is 6.24. The molecule has 4 aliphatic rings. The lowest BCUT2D eigenvalue weighted by molar-refractivity contribution is -0.0453. The van der Waals surface area contributed by atoms with E-state index in [0.29, 0.717) is 11.8 Å². The van der Waals surface area contributed by atoms with Crippen LogP contribution in [0.2, 0.25) is 0 Å². The molecule has 2 unspecified atom stereocenters. The van der Waals surface area contributed by atoms with E-state index in [2.05, 4.69) is 18.0 Å². The molecule has 22 heavy (non-hydrogen) atoms. The van der Waals surface area contributed by atoms with Gasteiger partial charge in [0.15, 0.2) is 11.5 Å². The van der Waals surface area contributed by atoms with Crippen molar-refractivity contribution in [3.05, 3.63) is 35.4 Å². The second kappa shape index (κ2) is 4.06. The molecule has 0 aromatic heterocycles. The van der Waals surface area contributed by atoms with Gasteiger partial charge in [0.2, 0.25) is 0 Å². The molecule has 1 N–H and O–H groups in total. The smallest absolute Gasteiger partial charge is 0.165 e. The Kier molecular flexibility index (Phi) is 1.90. The minimum atomic E-state index is -2.53. The van der Waals surface area contributed by atoms with Crippen LogP contribution in [-0.2, 0) is 11.8 Å². The van der Waals surface area contributed by atoms with E-state index in [9.17, 15) is 5.11 Å². The molecule has 2 aliphatic carbocycles. The summed E-state index contributed by atoms with van der Waals surface area (Å²) in [5.74, 6) is 1.04. The van der Waals surface area contributed by atoms with E-state index < -0.39 is 13.1 Å². The molecular weight excluding hydrogens is 278 g/mol. The van der Waals surface area contributed by atoms with Crippen LogP contribution in [0.4, 0.5) is 0 Å². The maximum Gasteiger partial charge on any atom is 0.165 e. The third-order valence-electron chi connectivity index (χ3n) is 6.24. The van der Waals surface area contributed by atoms with Gasteiger partial charge in [-0.3, -0.25) is 0 Å². The van der Waals surface area contributed by atoms with E-state index in [-0.39, 0.29) is 23.2 Å². The Hall–Kier alpha value is -1.52. The molecule has 5 atom stereocenters. The highest BCUT2D eigenvalue weighted by molar-refractivity contribution is 5.62. The number of nitrogens with zero attached hydrogens (tertiary/aromatic N) is 1. The normalized spacial score (nSPS) is 43.6. The molecule has 116 valence electrons. The minimum absolute atomic E-state index is 0.255. The monoisotopic (exact) mass is 302 g/mol. The average molecular weight is 302 g/mol. The number of methoxy groups -OCH3 is 1. The van der Waals surface area contributed by atoms with Crippen LogP contribution >= 0.6 is 0 Å². The topological polar surface area (TPSA) is 41.9 Å². The van der Waals surface area contributed by atoms with E-state index in [0.717, 1.165) is 24.9 Å². The fourth-order valence-electron chi connectivity index (χ4n) is 5.31. The first kappa shape index (κ1) is 10.3.